The summed E-state index contributed by atoms with van der Waals surface area (Å²) in [7, 11) is 0. The molecular weight excluding hydrogens is 368 g/mol. The van der Waals surface area contributed by atoms with Gasteiger partial charge in [-0.05, 0) is 48.2 Å². The predicted molar refractivity (Wildman–Crippen MR) is 101 cm³/mol. The highest BCUT2D eigenvalue weighted by atomic mass is 79.9. The summed E-state index contributed by atoms with van der Waals surface area (Å²) in [5.74, 6) is -0.293. The zero-order valence-corrected chi connectivity index (χ0v) is 14.6. The lowest BCUT2D eigenvalue weighted by atomic mass is 10.1. The first kappa shape index (κ1) is 16.2. The number of nitrogens with one attached hydrogen (secondary N) is 2. The number of rotatable bonds is 3. The maximum absolute atomic E-state index is 12.0. The number of aryl methyl sites for hydroxylation is 1. The van der Waals surface area contributed by atoms with Crippen LogP contribution in [0.3, 0.4) is 0 Å². The van der Waals surface area contributed by atoms with E-state index in [9.17, 15) is 9.59 Å². The Bertz CT molecular complexity index is 1010. The molecule has 1 heterocycles. The number of para-hydroxylation sites is 1. The van der Waals surface area contributed by atoms with Gasteiger partial charge in [-0.3, -0.25) is 9.59 Å². The highest BCUT2D eigenvalue weighted by Crippen LogP contribution is 2.20. The molecule has 3 aromatic rings. The van der Waals surface area contributed by atoms with Gasteiger partial charge in [0.2, 0.25) is 5.91 Å². The SMILES string of the molecule is Cc1ccc(NC(=O)/C=C/c2cc3ccccc3[nH]c2=O)cc1Br. The largest absolute Gasteiger partial charge is 0.322 e. The summed E-state index contributed by atoms with van der Waals surface area (Å²) in [5, 5.41) is 3.69. The Morgan fingerprint density at radius 2 is 1.96 bits per heavy atom. The molecule has 2 N–H and O–H groups in total. The fourth-order valence-electron chi connectivity index (χ4n) is 2.31. The van der Waals surface area contributed by atoms with Crippen molar-refractivity contribution in [2.45, 2.75) is 6.92 Å². The van der Waals surface area contributed by atoms with E-state index in [4.69, 9.17) is 0 Å². The highest BCUT2D eigenvalue weighted by Gasteiger charge is 2.03. The molecule has 0 bridgehead atoms. The van der Waals surface area contributed by atoms with Crippen LogP contribution in [0.25, 0.3) is 17.0 Å². The van der Waals surface area contributed by atoms with Crippen molar-refractivity contribution in [2.75, 3.05) is 5.32 Å². The van der Waals surface area contributed by atoms with Gasteiger partial charge in [-0.2, -0.15) is 0 Å². The lowest BCUT2D eigenvalue weighted by molar-refractivity contribution is -0.111. The number of aromatic nitrogens is 1. The predicted octanol–water partition coefficient (Wildman–Crippen LogP) is 4.25. The number of fused-ring (bicyclic) bond motifs is 1. The number of carbonyl (C=O) groups excluding carboxylic acids is 1. The van der Waals surface area contributed by atoms with E-state index in [1.54, 1.807) is 6.07 Å². The third kappa shape index (κ3) is 3.63. The van der Waals surface area contributed by atoms with E-state index in [1.165, 1.54) is 12.2 Å². The molecule has 1 amide bonds. The third-order valence-electron chi connectivity index (χ3n) is 3.64. The molecule has 0 atom stereocenters. The normalized spacial score (nSPS) is 11.1. The average molecular weight is 383 g/mol. The van der Waals surface area contributed by atoms with E-state index in [-0.39, 0.29) is 11.5 Å². The molecule has 0 spiro atoms. The second kappa shape index (κ2) is 6.84. The monoisotopic (exact) mass is 382 g/mol. The van der Waals surface area contributed by atoms with Crippen molar-refractivity contribution in [1.29, 1.82) is 0 Å². The van der Waals surface area contributed by atoms with E-state index in [0.717, 1.165) is 20.9 Å². The van der Waals surface area contributed by atoms with Gasteiger partial charge in [0.05, 0.1) is 0 Å². The van der Waals surface area contributed by atoms with Gasteiger partial charge in [-0.15, -0.1) is 0 Å². The number of benzene rings is 2. The van der Waals surface area contributed by atoms with Gasteiger partial charge in [-0.25, -0.2) is 0 Å². The number of H-pyrrole nitrogens is 1. The maximum atomic E-state index is 12.0. The minimum Gasteiger partial charge on any atom is -0.322 e. The number of amides is 1. The molecule has 0 aliphatic rings. The fraction of sp³-hybridized carbons (Fsp3) is 0.0526. The quantitative estimate of drug-likeness (QED) is 0.665. The van der Waals surface area contributed by atoms with Crippen LogP contribution < -0.4 is 10.9 Å². The highest BCUT2D eigenvalue weighted by molar-refractivity contribution is 9.10. The molecule has 3 rings (SSSR count). The molecule has 0 radical (unpaired) electrons. The van der Waals surface area contributed by atoms with E-state index in [1.807, 2.05) is 49.4 Å². The van der Waals surface area contributed by atoms with Crippen molar-refractivity contribution in [2.24, 2.45) is 0 Å². The van der Waals surface area contributed by atoms with Crippen LogP contribution in [0.5, 0.6) is 0 Å². The molecular formula is C19H15BrN2O2. The first-order chi connectivity index (χ1) is 11.5. The van der Waals surface area contributed by atoms with E-state index < -0.39 is 0 Å². The van der Waals surface area contributed by atoms with Crippen molar-refractivity contribution in [1.82, 2.24) is 4.98 Å². The van der Waals surface area contributed by atoms with Gasteiger partial charge in [0.25, 0.3) is 5.56 Å². The second-order valence-electron chi connectivity index (χ2n) is 5.43. The molecule has 2 aromatic carbocycles. The van der Waals surface area contributed by atoms with Crippen LogP contribution in [0, 0.1) is 6.92 Å². The first-order valence-corrected chi connectivity index (χ1v) is 8.19. The molecule has 0 aliphatic heterocycles. The van der Waals surface area contributed by atoms with Gasteiger partial charge >= 0.3 is 0 Å². The molecule has 0 unspecified atom stereocenters. The summed E-state index contributed by atoms with van der Waals surface area (Å²) >= 11 is 3.43. The number of hydrogen-bond donors (Lipinski definition) is 2. The first-order valence-electron chi connectivity index (χ1n) is 7.40. The van der Waals surface area contributed by atoms with E-state index >= 15 is 0 Å². The molecule has 1 aromatic heterocycles. The topological polar surface area (TPSA) is 62.0 Å². The van der Waals surface area contributed by atoms with Crippen LogP contribution in [-0.2, 0) is 4.79 Å². The van der Waals surface area contributed by atoms with Crippen LogP contribution in [0.15, 0.2) is 63.9 Å². The Labute approximate surface area is 147 Å². The van der Waals surface area contributed by atoms with Crippen LogP contribution in [-0.4, -0.2) is 10.9 Å². The molecule has 5 heteroatoms. The Morgan fingerprint density at radius 3 is 2.75 bits per heavy atom. The summed E-state index contributed by atoms with van der Waals surface area (Å²) in [5.41, 5.74) is 2.76. The number of pyridine rings is 1. The third-order valence-corrected chi connectivity index (χ3v) is 4.49. The minimum absolute atomic E-state index is 0.226. The van der Waals surface area contributed by atoms with Gasteiger partial charge in [-0.1, -0.05) is 40.2 Å². The van der Waals surface area contributed by atoms with Crippen LogP contribution in [0.1, 0.15) is 11.1 Å². The lowest BCUT2D eigenvalue weighted by Crippen LogP contribution is -2.11. The van der Waals surface area contributed by atoms with Gasteiger partial charge in [0.1, 0.15) is 0 Å². The lowest BCUT2D eigenvalue weighted by Gasteiger charge is -2.04. The number of carbonyl (C=O) groups is 1. The fourth-order valence-corrected chi connectivity index (χ4v) is 2.69. The standard InChI is InChI=1S/C19H15BrN2O2/c1-12-6-8-15(11-16(12)20)21-18(23)9-7-14-10-13-4-2-3-5-17(13)22-19(14)24/h2-11H,1H3,(H,21,23)(H,22,24)/b9-7+. The molecule has 24 heavy (non-hydrogen) atoms. The Kier molecular flexibility index (Phi) is 4.62. The van der Waals surface area contributed by atoms with Crippen LogP contribution in [0.2, 0.25) is 0 Å². The molecule has 4 nitrogen and oxygen atoms in total. The molecule has 0 fully saturated rings. The number of aromatic amines is 1. The van der Waals surface area contributed by atoms with Gasteiger partial charge in [0.15, 0.2) is 0 Å². The number of anilines is 1. The summed E-state index contributed by atoms with van der Waals surface area (Å²) < 4.78 is 0.926. The van der Waals surface area contributed by atoms with Crippen LogP contribution >= 0.6 is 15.9 Å². The Hall–Kier alpha value is -2.66. The van der Waals surface area contributed by atoms with Crippen molar-refractivity contribution in [3.8, 4) is 0 Å². The minimum atomic E-state index is -0.293. The van der Waals surface area contributed by atoms with E-state index in [2.05, 4.69) is 26.2 Å². The zero-order chi connectivity index (χ0) is 17.1. The molecule has 0 aliphatic carbocycles. The van der Waals surface area contributed by atoms with Crippen molar-refractivity contribution >= 4 is 44.5 Å². The molecule has 0 saturated carbocycles. The second-order valence-corrected chi connectivity index (χ2v) is 6.28. The van der Waals surface area contributed by atoms with Crippen molar-refractivity contribution < 1.29 is 4.79 Å². The average Bonchev–Trinajstić information content (AvgIpc) is 2.56. The molecule has 120 valence electrons. The summed E-state index contributed by atoms with van der Waals surface area (Å²) in [6.45, 7) is 1.97. The van der Waals surface area contributed by atoms with Crippen LogP contribution in [0.4, 0.5) is 5.69 Å². The molecule has 0 saturated heterocycles. The smallest absolute Gasteiger partial charge is 0.255 e. The van der Waals surface area contributed by atoms with Crippen molar-refractivity contribution in [3.05, 3.63) is 80.6 Å². The van der Waals surface area contributed by atoms with E-state index in [0.29, 0.717) is 11.3 Å². The summed E-state index contributed by atoms with van der Waals surface area (Å²) in [6.07, 6.45) is 2.87. The maximum Gasteiger partial charge on any atom is 0.255 e. The Morgan fingerprint density at radius 1 is 1.17 bits per heavy atom. The van der Waals surface area contributed by atoms with Gasteiger partial charge < -0.3 is 10.3 Å². The number of halogens is 1. The number of hydrogen-bond acceptors (Lipinski definition) is 2. The zero-order valence-electron chi connectivity index (χ0n) is 13.0. The van der Waals surface area contributed by atoms with Crippen molar-refractivity contribution in [3.63, 3.8) is 0 Å². The summed E-state index contributed by atoms with van der Waals surface area (Å²) in [4.78, 5) is 26.9. The summed E-state index contributed by atoms with van der Waals surface area (Å²) in [6, 6.07) is 14.9. The Balaban J connectivity index is 1.79. The van der Waals surface area contributed by atoms with Gasteiger partial charge in [0, 0.05) is 27.3 Å².